The minimum absolute atomic E-state index is 0.0155. The number of hydrogen-bond donors (Lipinski definition) is 1. The molecule has 0 unspecified atom stereocenters. The van der Waals surface area contributed by atoms with Gasteiger partial charge in [0.15, 0.2) is 0 Å². The fraction of sp³-hybridized carbons (Fsp3) is 0.257. The van der Waals surface area contributed by atoms with Crippen molar-refractivity contribution in [2.24, 2.45) is 0 Å². The van der Waals surface area contributed by atoms with E-state index in [2.05, 4.69) is 5.32 Å². The molecule has 0 saturated heterocycles. The van der Waals surface area contributed by atoms with Gasteiger partial charge in [-0.3, -0.25) is 13.9 Å². The van der Waals surface area contributed by atoms with Crippen LogP contribution >= 0.6 is 0 Å². The van der Waals surface area contributed by atoms with E-state index in [4.69, 9.17) is 0 Å². The number of benzene rings is 4. The zero-order chi connectivity index (χ0) is 31.8. The second-order valence-corrected chi connectivity index (χ2v) is 13.0. The summed E-state index contributed by atoms with van der Waals surface area (Å²) in [5.41, 5.74) is 1.62. The maximum absolute atomic E-state index is 14.4. The van der Waals surface area contributed by atoms with Gasteiger partial charge in [-0.05, 0) is 72.5 Å². The normalized spacial score (nSPS) is 14.1. The monoisotopic (exact) mass is 631 g/mol. The van der Waals surface area contributed by atoms with E-state index in [1.165, 1.54) is 29.2 Å². The average Bonchev–Trinajstić information content (AvgIpc) is 3.56. The summed E-state index contributed by atoms with van der Waals surface area (Å²) in [6, 6.07) is 26.4. The predicted octanol–water partition coefficient (Wildman–Crippen LogP) is 5.86. The molecule has 4 aromatic carbocycles. The van der Waals surface area contributed by atoms with Crippen molar-refractivity contribution in [2.45, 2.75) is 55.6 Å². The first-order valence-corrected chi connectivity index (χ1v) is 16.4. The van der Waals surface area contributed by atoms with E-state index in [1.54, 1.807) is 30.3 Å². The first-order valence-electron chi connectivity index (χ1n) is 14.9. The molecule has 2 amide bonds. The molecule has 7 nitrogen and oxygen atoms in total. The van der Waals surface area contributed by atoms with Gasteiger partial charge in [0.25, 0.3) is 10.0 Å². The second-order valence-electron chi connectivity index (χ2n) is 11.1. The van der Waals surface area contributed by atoms with E-state index in [9.17, 15) is 26.8 Å². The molecular formula is C35H35F2N3O4S. The molecule has 1 saturated carbocycles. The van der Waals surface area contributed by atoms with Crippen molar-refractivity contribution in [3.05, 3.63) is 132 Å². The van der Waals surface area contributed by atoms with E-state index in [1.807, 2.05) is 30.3 Å². The molecule has 1 N–H and O–H groups in total. The molecule has 0 radical (unpaired) electrons. The Bertz CT molecular complexity index is 1680. The van der Waals surface area contributed by atoms with Gasteiger partial charge in [-0.1, -0.05) is 73.5 Å². The Balaban J connectivity index is 1.54. The van der Waals surface area contributed by atoms with Gasteiger partial charge in [-0.25, -0.2) is 17.2 Å². The molecule has 1 aliphatic rings. The van der Waals surface area contributed by atoms with Crippen molar-refractivity contribution in [3.63, 3.8) is 0 Å². The highest BCUT2D eigenvalue weighted by molar-refractivity contribution is 7.92. The highest BCUT2D eigenvalue weighted by Crippen LogP contribution is 2.26. The van der Waals surface area contributed by atoms with Gasteiger partial charge in [0.1, 0.15) is 24.2 Å². The number of rotatable bonds is 12. The van der Waals surface area contributed by atoms with Crippen molar-refractivity contribution in [1.29, 1.82) is 0 Å². The minimum Gasteiger partial charge on any atom is -0.352 e. The number of para-hydroxylation sites is 1. The highest BCUT2D eigenvalue weighted by Gasteiger charge is 2.35. The molecule has 45 heavy (non-hydrogen) atoms. The van der Waals surface area contributed by atoms with Gasteiger partial charge in [-0.2, -0.15) is 0 Å². The smallest absolute Gasteiger partial charge is 0.264 e. The van der Waals surface area contributed by atoms with E-state index in [-0.39, 0.29) is 35.5 Å². The summed E-state index contributed by atoms with van der Waals surface area (Å²) in [7, 11) is -4.33. The summed E-state index contributed by atoms with van der Waals surface area (Å²) >= 11 is 0. The average molecular weight is 632 g/mol. The summed E-state index contributed by atoms with van der Waals surface area (Å²) in [6.45, 7) is -0.694. The molecule has 234 valence electrons. The number of halogens is 2. The Labute approximate surface area is 262 Å². The van der Waals surface area contributed by atoms with Crippen molar-refractivity contribution in [1.82, 2.24) is 10.2 Å². The van der Waals surface area contributed by atoms with Crippen LogP contribution in [0.25, 0.3) is 0 Å². The number of nitrogens with one attached hydrogen (secondary N) is 1. The lowest BCUT2D eigenvalue weighted by Gasteiger charge is -2.34. The SMILES string of the molecule is O=C(NC1CCCC1)[C@H](Cc1ccccc1)N(Cc1ccc(F)cc1)C(=O)CN(c1ccccc1)S(=O)(=O)c1ccc(F)cc1. The van der Waals surface area contributed by atoms with Crippen molar-refractivity contribution in [3.8, 4) is 0 Å². The lowest BCUT2D eigenvalue weighted by atomic mass is 10.0. The Morgan fingerprint density at radius 3 is 1.91 bits per heavy atom. The lowest BCUT2D eigenvalue weighted by Crippen LogP contribution is -2.54. The van der Waals surface area contributed by atoms with Gasteiger partial charge >= 0.3 is 0 Å². The van der Waals surface area contributed by atoms with Crippen LogP contribution in [0.1, 0.15) is 36.8 Å². The lowest BCUT2D eigenvalue weighted by molar-refractivity contribution is -0.140. The van der Waals surface area contributed by atoms with Crippen LogP contribution in [0.5, 0.6) is 0 Å². The summed E-state index contributed by atoms with van der Waals surface area (Å²) in [4.78, 5) is 29.6. The largest absolute Gasteiger partial charge is 0.352 e. The van der Waals surface area contributed by atoms with Crippen LogP contribution in [0, 0.1) is 11.6 Å². The number of hydrogen-bond acceptors (Lipinski definition) is 4. The highest BCUT2D eigenvalue weighted by atomic mass is 32.2. The Morgan fingerprint density at radius 2 is 1.31 bits per heavy atom. The third-order valence-corrected chi connectivity index (χ3v) is 9.75. The van der Waals surface area contributed by atoms with Crippen LogP contribution in [-0.2, 0) is 32.6 Å². The molecule has 1 fully saturated rings. The van der Waals surface area contributed by atoms with Crippen LogP contribution in [0.3, 0.4) is 0 Å². The van der Waals surface area contributed by atoms with Crippen molar-refractivity contribution < 1.29 is 26.8 Å². The zero-order valence-electron chi connectivity index (χ0n) is 24.7. The third kappa shape index (κ3) is 8.13. The topological polar surface area (TPSA) is 86.8 Å². The number of sulfonamides is 1. The van der Waals surface area contributed by atoms with Crippen molar-refractivity contribution in [2.75, 3.05) is 10.8 Å². The Morgan fingerprint density at radius 1 is 0.756 bits per heavy atom. The summed E-state index contributed by atoms with van der Waals surface area (Å²) < 4.78 is 56.4. The third-order valence-electron chi connectivity index (χ3n) is 7.96. The first kappa shape index (κ1) is 31.8. The van der Waals surface area contributed by atoms with Crippen LogP contribution in [0.15, 0.2) is 114 Å². The number of carbonyl (C=O) groups excluding carboxylic acids is 2. The van der Waals surface area contributed by atoms with Crippen LogP contribution < -0.4 is 9.62 Å². The molecule has 0 aromatic heterocycles. The fourth-order valence-corrected chi connectivity index (χ4v) is 6.98. The van der Waals surface area contributed by atoms with Gasteiger partial charge < -0.3 is 10.2 Å². The molecule has 5 rings (SSSR count). The van der Waals surface area contributed by atoms with Crippen LogP contribution in [-0.4, -0.2) is 43.8 Å². The summed E-state index contributed by atoms with van der Waals surface area (Å²) in [5.74, 6) is -2.01. The minimum atomic E-state index is -4.33. The van der Waals surface area contributed by atoms with Gasteiger partial charge in [0.05, 0.1) is 10.6 Å². The van der Waals surface area contributed by atoms with E-state index >= 15 is 0 Å². The van der Waals surface area contributed by atoms with E-state index in [0.29, 0.717) is 5.56 Å². The van der Waals surface area contributed by atoms with Crippen LogP contribution in [0.2, 0.25) is 0 Å². The van der Waals surface area contributed by atoms with Gasteiger partial charge in [-0.15, -0.1) is 0 Å². The summed E-state index contributed by atoms with van der Waals surface area (Å²) in [5, 5.41) is 3.12. The molecule has 10 heteroatoms. The van der Waals surface area contributed by atoms with Gasteiger partial charge in [0, 0.05) is 19.0 Å². The molecule has 0 bridgehead atoms. The van der Waals surface area contributed by atoms with Gasteiger partial charge in [0.2, 0.25) is 11.8 Å². The van der Waals surface area contributed by atoms with E-state index in [0.717, 1.165) is 59.8 Å². The maximum Gasteiger partial charge on any atom is 0.264 e. The number of amides is 2. The molecular weight excluding hydrogens is 596 g/mol. The first-order chi connectivity index (χ1) is 21.7. The molecule has 0 heterocycles. The van der Waals surface area contributed by atoms with Crippen LogP contribution in [0.4, 0.5) is 14.5 Å². The van der Waals surface area contributed by atoms with E-state index < -0.39 is 40.2 Å². The zero-order valence-corrected chi connectivity index (χ0v) is 25.5. The molecule has 1 aliphatic carbocycles. The number of nitrogens with zero attached hydrogens (tertiary/aromatic N) is 2. The number of carbonyl (C=O) groups is 2. The predicted molar refractivity (Wildman–Crippen MR) is 169 cm³/mol. The number of anilines is 1. The maximum atomic E-state index is 14.4. The molecule has 1 atom stereocenters. The second kappa shape index (κ2) is 14.5. The standard InChI is InChI=1S/C35H35F2N3O4S/c36-28-17-15-27(16-18-28)24-39(33(23-26-9-3-1-4-10-26)35(42)38-30-11-7-8-12-30)34(41)25-40(31-13-5-2-6-14-31)45(43,44)32-21-19-29(37)20-22-32/h1-6,9-10,13-22,30,33H,7-8,11-12,23-25H2,(H,38,42)/t33-/m0/s1. The Kier molecular flexibility index (Phi) is 10.2. The fourth-order valence-electron chi connectivity index (χ4n) is 5.56. The summed E-state index contributed by atoms with van der Waals surface area (Å²) in [6.07, 6.45) is 3.86. The molecule has 0 aliphatic heterocycles. The molecule has 0 spiro atoms. The molecule has 4 aromatic rings. The quantitative estimate of drug-likeness (QED) is 0.212. The van der Waals surface area contributed by atoms with Crippen molar-refractivity contribution >= 4 is 27.5 Å². The Hall–Kier alpha value is -4.57.